The van der Waals surface area contributed by atoms with Gasteiger partial charge in [-0.2, -0.15) is 0 Å². The molecule has 0 saturated heterocycles. The maximum atomic E-state index is 6.66. The number of nitrogens with zero attached hydrogens (tertiary/aromatic N) is 1. The number of hydrogen-bond acceptors (Lipinski definition) is 2. The van der Waals surface area contributed by atoms with E-state index in [9.17, 15) is 0 Å². The summed E-state index contributed by atoms with van der Waals surface area (Å²) in [6, 6.07) is 53.2. The molecule has 10 rings (SSSR count). The van der Waals surface area contributed by atoms with Crippen LogP contribution in [0.15, 0.2) is 186 Å². The summed E-state index contributed by atoms with van der Waals surface area (Å²) >= 11 is 0. The fourth-order valence-electron chi connectivity index (χ4n) is 8.22. The highest BCUT2D eigenvalue weighted by Crippen LogP contribution is 2.47. The number of benzene rings is 7. The molecule has 0 N–H and O–H groups in total. The third kappa shape index (κ3) is 5.51. The van der Waals surface area contributed by atoms with Crippen molar-refractivity contribution in [2.75, 3.05) is 4.90 Å². The summed E-state index contributed by atoms with van der Waals surface area (Å²) < 4.78 is 6.66. The Hall–Kier alpha value is -6.64. The van der Waals surface area contributed by atoms with Crippen LogP contribution in [0.4, 0.5) is 17.1 Å². The van der Waals surface area contributed by atoms with E-state index in [4.69, 9.17) is 4.42 Å². The zero-order valence-electron chi connectivity index (χ0n) is 29.4. The summed E-state index contributed by atoms with van der Waals surface area (Å²) in [5.74, 6) is 0.990. The van der Waals surface area contributed by atoms with Gasteiger partial charge in [0.2, 0.25) is 0 Å². The molecule has 2 heteroatoms. The number of hydrogen-bond donors (Lipinski definition) is 0. The van der Waals surface area contributed by atoms with Crippen LogP contribution in [-0.2, 0) is 6.42 Å². The summed E-state index contributed by atoms with van der Waals surface area (Å²) in [4.78, 5) is 2.41. The maximum Gasteiger partial charge on any atom is 0.142 e. The Morgan fingerprint density at radius 3 is 2.11 bits per heavy atom. The van der Waals surface area contributed by atoms with Gasteiger partial charge in [0, 0.05) is 33.3 Å². The molecule has 1 heterocycles. The Balaban J connectivity index is 1.19. The summed E-state index contributed by atoms with van der Waals surface area (Å²) in [6.45, 7) is 0. The van der Waals surface area contributed by atoms with Gasteiger partial charge in [0.1, 0.15) is 11.3 Å². The van der Waals surface area contributed by atoms with Gasteiger partial charge in [-0.3, -0.25) is 0 Å². The topological polar surface area (TPSA) is 16.4 Å². The van der Waals surface area contributed by atoms with E-state index in [1.54, 1.807) is 0 Å². The number of fused-ring (bicyclic) bond motifs is 6. The van der Waals surface area contributed by atoms with Gasteiger partial charge < -0.3 is 9.32 Å². The van der Waals surface area contributed by atoms with Crippen LogP contribution in [0.5, 0.6) is 0 Å². The van der Waals surface area contributed by atoms with Crippen molar-refractivity contribution >= 4 is 61.2 Å². The Morgan fingerprint density at radius 1 is 0.509 bits per heavy atom. The molecule has 53 heavy (non-hydrogen) atoms. The quantitative estimate of drug-likeness (QED) is 0.163. The van der Waals surface area contributed by atoms with E-state index in [0.717, 1.165) is 53.2 Å². The molecule has 0 radical (unpaired) electrons. The fraction of sp³-hybridized carbons (Fsp3) is 0.0588. The molecular formula is C51H37NO. The third-order valence-corrected chi connectivity index (χ3v) is 10.8. The van der Waals surface area contributed by atoms with E-state index in [1.807, 2.05) is 0 Å². The lowest BCUT2D eigenvalue weighted by Gasteiger charge is -2.28. The second-order valence-electron chi connectivity index (χ2n) is 13.9. The predicted octanol–water partition coefficient (Wildman–Crippen LogP) is 14.4. The van der Waals surface area contributed by atoms with Crippen LogP contribution in [0.3, 0.4) is 0 Å². The first-order valence-corrected chi connectivity index (χ1v) is 18.5. The lowest BCUT2D eigenvalue weighted by Crippen LogP contribution is -2.11. The monoisotopic (exact) mass is 679 g/mol. The third-order valence-electron chi connectivity index (χ3n) is 10.8. The van der Waals surface area contributed by atoms with Gasteiger partial charge in [-0.15, -0.1) is 0 Å². The zero-order valence-corrected chi connectivity index (χ0v) is 29.4. The molecule has 0 amide bonds. The van der Waals surface area contributed by atoms with Crippen molar-refractivity contribution in [3.63, 3.8) is 0 Å². The van der Waals surface area contributed by atoms with Gasteiger partial charge >= 0.3 is 0 Å². The van der Waals surface area contributed by atoms with Crippen molar-refractivity contribution < 1.29 is 4.42 Å². The molecule has 252 valence electrons. The number of para-hydroxylation sites is 1. The number of furan rings is 1. The van der Waals surface area contributed by atoms with Gasteiger partial charge in [0.15, 0.2) is 0 Å². The van der Waals surface area contributed by atoms with Crippen LogP contribution in [0.25, 0.3) is 66.4 Å². The molecule has 0 saturated carbocycles. The van der Waals surface area contributed by atoms with Crippen LogP contribution in [-0.4, -0.2) is 0 Å². The first-order valence-electron chi connectivity index (χ1n) is 18.5. The summed E-state index contributed by atoms with van der Waals surface area (Å²) in [5, 5.41) is 6.07. The smallest absolute Gasteiger partial charge is 0.142 e. The second-order valence-corrected chi connectivity index (χ2v) is 13.9. The summed E-state index contributed by atoms with van der Waals surface area (Å²) in [6.07, 6.45) is 18.1. The molecule has 8 aromatic rings. The van der Waals surface area contributed by atoms with Crippen LogP contribution in [0, 0.1) is 0 Å². The highest BCUT2D eigenvalue weighted by molar-refractivity contribution is 6.20. The lowest BCUT2D eigenvalue weighted by atomic mass is 9.91. The minimum Gasteiger partial charge on any atom is -0.456 e. The van der Waals surface area contributed by atoms with Crippen LogP contribution in [0.1, 0.15) is 29.7 Å². The van der Waals surface area contributed by atoms with Crippen molar-refractivity contribution in [1.82, 2.24) is 0 Å². The van der Waals surface area contributed by atoms with Gasteiger partial charge in [-0.1, -0.05) is 152 Å². The van der Waals surface area contributed by atoms with Crippen molar-refractivity contribution in [2.24, 2.45) is 0 Å². The van der Waals surface area contributed by atoms with Crippen LogP contribution < -0.4 is 4.90 Å². The van der Waals surface area contributed by atoms with Gasteiger partial charge in [-0.05, 0) is 99.7 Å². The largest absolute Gasteiger partial charge is 0.456 e. The average molecular weight is 680 g/mol. The normalized spacial score (nSPS) is 13.7. The second kappa shape index (κ2) is 13.2. The standard InChI is InChI=1S/C51H37NO/c1-2-5-14-35(13-4-1)37-23-28-40(29-24-37)52(41-30-25-38(26-31-41)36-15-6-3-7-16-36)48-34-33-44(50-42-18-9-8-17-39(42)27-32-47(48)50)46-21-12-20-45-43-19-10-11-22-49(43)53-51(45)46/h1-9,11-13,15-18,20-34H,10,14,19H2. The van der Waals surface area contributed by atoms with Gasteiger partial charge in [0.05, 0.1) is 5.69 Å². The molecule has 2 aliphatic carbocycles. The van der Waals surface area contributed by atoms with Crippen molar-refractivity contribution in [1.29, 1.82) is 0 Å². The van der Waals surface area contributed by atoms with Crippen LogP contribution >= 0.6 is 0 Å². The summed E-state index contributed by atoms with van der Waals surface area (Å²) in [7, 11) is 0. The zero-order chi connectivity index (χ0) is 35.1. The maximum absolute atomic E-state index is 6.66. The first kappa shape index (κ1) is 31.1. The molecule has 0 fully saturated rings. The SMILES string of the molecule is C1=CC=C(c2ccc(N(c3ccc(-c4ccccc4)cc3)c3ccc(-c4cccc5c6c(oc45)C=CCC6)c4c3ccc3ccccc34)cc2)CC=C1. The van der Waals surface area contributed by atoms with Gasteiger partial charge in [0.25, 0.3) is 0 Å². The highest BCUT2D eigenvalue weighted by Gasteiger charge is 2.22. The van der Waals surface area contributed by atoms with Crippen molar-refractivity contribution in [3.8, 4) is 22.3 Å². The lowest BCUT2D eigenvalue weighted by molar-refractivity contribution is 0.596. The summed E-state index contributed by atoms with van der Waals surface area (Å²) in [5.41, 5.74) is 12.9. The molecule has 2 aliphatic rings. The number of allylic oxidation sites excluding steroid dienone is 7. The molecule has 0 atom stereocenters. The van der Waals surface area contributed by atoms with E-state index >= 15 is 0 Å². The van der Waals surface area contributed by atoms with Crippen LogP contribution in [0.2, 0.25) is 0 Å². The predicted molar refractivity (Wildman–Crippen MR) is 225 cm³/mol. The van der Waals surface area contributed by atoms with Crippen molar-refractivity contribution in [3.05, 3.63) is 199 Å². The molecular weight excluding hydrogens is 643 g/mol. The molecule has 0 spiro atoms. The van der Waals surface area contributed by atoms with E-state index in [-0.39, 0.29) is 0 Å². The molecule has 0 bridgehead atoms. The number of rotatable bonds is 6. The minimum atomic E-state index is 0.915. The highest BCUT2D eigenvalue weighted by atomic mass is 16.3. The Bertz CT molecular complexity index is 2780. The van der Waals surface area contributed by atoms with E-state index in [0.29, 0.717) is 0 Å². The molecule has 7 aromatic carbocycles. The van der Waals surface area contributed by atoms with Crippen molar-refractivity contribution in [2.45, 2.75) is 19.3 Å². The molecule has 0 aliphatic heterocycles. The first-order chi connectivity index (χ1) is 26.3. The Labute approximate surface area is 310 Å². The fourth-order valence-corrected chi connectivity index (χ4v) is 8.22. The average Bonchev–Trinajstić information content (AvgIpc) is 3.39. The Kier molecular flexibility index (Phi) is 7.73. The van der Waals surface area contributed by atoms with E-state index < -0.39 is 0 Å². The molecule has 1 aromatic heterocycles. The van der Waals surface area contributed by atoms with E-state index in [2.05, 4.69) is 193 Å². The number of aryl methyl sites for hydroxylation is 1. The van der Waals surface area contributed by atoms with E-state index in [1.165, 1.54) is 60.3 Å². The molecule has 0 unspecified atom stereocenters. The van der Waals surface area contributed by atoms with Gasteiger partial charge in [-0.25, -0.2) is 0 Å². The number of anilines is 3. The molecule has 2 nitrogen and oxygen atoms in total. The minimum absolute atomic E-state index is 0.915. The Morgan fingerprint density at radius 2 is 1.26 bits per heavy atom.